The highest BCUT2D eigenvalue weighted by atomic mass is 35.5. The van der Waals surface area contributed by atoms with Crippen LogP contribution in [-0.2, 0) is 0 Å². The van der Waals surface area contributed by atoms with Gasteiger partial charge in [-0.1, -0.05) is 6.07 Å². The quantitative estimate of drug-likeness (QED) is 0.508. The summed E-state index contributed by atoms with van der Waals surface area (Å²) in [6.07, 6.45) is 5.19. The number of hydrogen-bond donors (Lipinski definition) is 1. The summed E-state index contributed by atoms with van der Waals surface area (Å²) in [6, 6.07) is 7.66. The lowest BCUT2D eigenvalue weighted by Gasteiger charge is -2.13. The molecule has 0 radical (unpaired) electrons. The van der Waals surface area contributed by atoms with Gasteiger partial charge in [0, 0.05) is 6.07 Å². The van der Waals surface area contributed by atoms with Gasteiger partial charge in [-0.25, -0.2) is 4.99 Å². The molecule has 1 aromatic carbocycles. The van der Waals surface area contributed by atoms with Crippen molar-refractivity contribution < 1.29 is 4.74 Å². The average molecular weight is 253 g/mol. The van der Waals surface area contributed by atoms with Crippen molar-refractivity contribution in [1.29, 1.82) is 0 Å². The molecule has 92 valence electrons. The van der Waals surface area contributed by atoms with Gasteiger partial charge >= 0.3 is 0 Å². The Bertz CT molecular complexity index is 400. The Balaban J connectivity index is 2.05. The lowest BCUT2D eigenvalue weighted by molar-refractivity contribution is 0.210. The summed E-state index contributed by atoms with van der Waals surface area (Å²) in [4.78, 5) is 4.20. The first-order chi connectivity index (χ1) is 8.28. The second-order valence-electron chi connectivity index (χ2n) is 4.26. The van der Waals surface area contributed by atoms with Gasteiger partial charge in [0.2, 0.25) is 0 Å². The third-order valence-electron chi connectivity index (χ3n) is 2.83. The number of aliphatic imine (C=N–C) groups is 1. The summed E-state index contributed by atoms with van der Waals surface area (Å²) in [5, 5.41) is 0. The Hall–Kier alpha value is -1.22. The van der Waals surface area contributed by atoms with Gasteiger partial charge in [0.1, 0.15) is 11.6 Å². The van der Waals surface area contributed by atoms with Gasteiger partial charge in [0.15, 0.2) is 0 Å². The van der Waals surface area contributed by atoms with Crippen LogP contribution in [0, 0.1) is 0 Å². The number of amidine groups is 1. The maximum atomic E-state index is 5.89. The Labute approximate surface area is 107 Å². The van der Waals surface area contributed by atoms with Crippen LogP contribution in [0.5, 0.6) is 5.75 Å². The zero-order valence-electron chi connectivity index (χ0n) is 9.73. The molecular formula is C13H17ClN2O. The van der Waals surface area contributed by atoms with Crippen molar-refractivity contribution in [2.45, 2.75) is 31.8 Å². The van der Waals surface area contributed by atoms with E-state index in [-0.39, 0.29) is 5.88 Å². The van der Waals surface area contributed by atoms with Crippen molar-refractivity contribution in [3.8, 4) is 5.75 Å². The molecule has 0 aromatic heterocycles. The predicted molar refractivity (Wildman–Crippen MR) is 71.3 cm³/mol. The zero-order chi connectivity index (χ0) is 12.1. The molecule has 0 bridgehead atoms. The molecule has 1 aromatic rings. The van der Waals surface area contributed by atoms with Crippen molar-refractivity contribution in [3.05, 3.63) is 24.3 Å². The van der Waals surface area contributed by atoms with Crippen molar-refractivity contribution in [2.24, 2.45) is 10.7 Å². The molecule has 1 aliphatic rings. The fraction of sp³-hybridized carbons (Fsp3) is 0.462. The minimum Gasteiger partial charge on any atom is -0.490 e. The van der Waals surface area contributed by atoms with Crippen LogP contribution in [0.15, 0.2) is 29.3 Å². The number of hydrogen-bond acceptors (Lipinski definition) is 2. The summed E-state index contributed by atoms with van der Waals surface area (Å²) in [6.45, 7) is 0. The molecule has 17 heavy (non-hydrogen) atoms. The fourth-order valence-electron chi connectivity index (χ4n) is 2.02. The van der Waals surface area contributed by atoms with Crippen molar-refractivity contribution >= 4 is 23.1 Å². The van der Waals surface area contributed by atoms with E-state index >= 15 is 0 Å². The van der Waals surface area contributed by atoms with Crippen LogP contribution in [0.2, 0.25) is 0 Å². The second kappa shape index (κ2) is 5.92. The average Bonchev–Trinajstić information content (AvgIpc) is 2.82. The van der Waals surface area contributed by atoms with E-state index in [1.165, 1.54) is 12.8 Å². The van der Waals surface area contributed by atoms with E-state index in [0.29, 0.717) is 11.9 Å². The standard InChI is InChI=1S/C13H17ClN2O/c14-9-13(15)16-10-4-3-7-12(8-10)17-11-5-1-2-6-11/h3-4,7-8,11H,1-2,5-6,9H2,(H2,15,16). The highest BCUT2D eigenvalue weighted by Crippen LogP contribution is 2.26. The van der Waals surface area contributed by atoms with Crippen LogP contribution in [0.25, 0.3) is 0 Å². The Morgan fingerprint density at radius 2 is 2.18 bits per heavy atom. The summed E-state index contributed by atoms with van der Waals surface area (Å²) in [7, 11) is 0. The van der Waals surface area contributed by atoms with Gasteiger partial charge in [-0.2, -0.15) is 0 Å². The summed E-state index contributed by atoms with van der Waals surface area (Å²) in [5.74, 6) is 1.53. The number of rotatable bonds is 4. The van der Waals surface area contributed by atoms with Gasteiger partial charge in [-0.05, 0) is 37.8 Å². The van der Waals surface area contributed by atoms with Crippen molar-refractivity contribution in [3.63, 3.8) is 0 Å². The molecular weight excluding hydrogens is 236 g/mol. The molecule has 3 nitrogen and oxygen atoms in total. The fourth-order valence-corrected chi connectivity index (χ4v) is 2.08. The molecule has 0 saturated heterocycles. The van der Waals surface area contributed by atoms with Crippen LogP contribution in [0.3, 0.4) is 0 Å². The van der Waals surface area contributed by atoms with Crippen molar-refractivity contribution in [1.82, 2.24) is 0 Å². The van der Waals surface area contributed by atoms with E-state index in [1.54, 1.807) is 0 Å². The molecule has 1 aliphatic carbocycles. The summed E-state index contributed by atoms with van der Waals surface area (Å²) >= 11 is 5.59. The first-order valence-electron chi connectivity index (χ1n) is 5.93. The molecule has 0 aliphatic heterocycles. The summed E-state index contributed by atoms with van der Waals surface area (Å²) in [5.41, 5.74) is 6.39. The minimum atomic E-state index is 0.244. The third kappa shape index (κ3) is 3.63. The van der Waals surface area contributed by atoms with Gasteiger partial charge in [-0.15, -0.1) is 11.6 Å². The van der Waals surface area contributed by atoms with E-state index < -0.39 is 0 Å². The number of benzene rings is 1. The number of nitrogens with zero attached hydrogens (tertiary/aromatic N) is 1. The number of halogens is 1. The Kier molecular flexibility index (Phi) is 4.26. The number of alkyl halides is 1. The molecule has 2 N–H and O–H groups in total. The van der Waals surface area contributed by atoms with Crippen LogP contribution in [-0.4, -0.2) is 17.8 Å². The van der Waals surface area contributed by atoms with E-state index in [2.05, 4.69) is 4.99 Å². The van der Waals surface area contributed by atoms with Gasteiger partial charge in [0.05, 0.1) is 17.7 Å². The number of ether oxygens (including phenoxy) is 1. The van der Waals surface area contributed by atoms with Crippen LogP contribution in [0.4, 0.5) is 5.69 Å². The molecule has 2 rings (SSSR count). The van der Waals surface area contributed by atoms with E-state index in [0.717, 1.165) is 24.3 Å². The number of nitrogens with two attached hydrogens (primary N) is 1. The first kappa shape index (κ1) is 12.2. The second-order valence-corrected chi connectivity index (χ2v) is 4.53. The minimum absolute atomic E-state index is 0.244. The first-order valence-corrected chi connectivity index (χ1v) is 6.47. The lowest BCUT2D eigenvalue weighted by atomic mass is 10.3. The molecule has 0 heterocycles. The maximum absolute atomic E-state index is 5.89. The monoisotopic (exact) mass is 252 g/mol. The predicted octanol–water partition coefficient (Wildman–Crippen LogP) is 3.24. The maximum Gasteiger partial charge on any atom is 0.121 e. The van der Waals surface area contributed by atoms with Crippen molar-refractivity contribution in [2.75, 3.05) is 5.88 Å². The zero-order valence-corrected chi connectivity index (χ0v) is 10.5. The molecule has 1 saturated carbocycles. The summed E-state index contributed by atoms with van der Waals surface area (Å²) < 4.78 is 5.89. The topological polar surface area (TPSA) is 47.6 Å². The highest BCUT2D eigenvalue weighted by Gasteiger charge is 2.16. The molecule has 1 fully saturated rings. The molecule has 0 atom stereocenters. The third-order valence-corrected chi connectivity index (χ3v) is 3.11. The van der Waals surface area contributed by atoms with E-state index in [1.807, 2.05) is 24.3 Å². The normalized spacial score (nSPS) is 17.4. The van der Waals surface area contributed by atoms with Crippen LogP contribution >= 0.6 is 11.6 Å². The van der Waals surface area contributed by atoms with Crippen LogP contribution in [0.1, 0.15) is 25.7 Å². The largest absolute Gasteiger partial charge is 0.490 e. The molecule has 0 amide bonds. The Morgan fingerprint density at radius 3 is 2.88 bits per heavy atom. The van der Waals surface area contributed by atoms with Gasteiger partial charge in [0.25, 0.3) is 0 Å². The van der Waals surface area contributed by atoms with E-state index in [4.69, 9.17) is 22.1 Å². The molecule has 0 spiro atoms. The molecule has 4 heteroatoms. The van der Waals surface area contributed by atoms with E-state index in [9.17, 15) is 0 Å². The SMILES string of the molecule is NC(CCl)=Nc1cccc(OC2CCCC2)c1. The smallest absolute Gasteiger partial charge is 0.121 e. The van der Waals surface area contributed by atoms with Crippen LogP contribution < -0.4 is 10.5 Å². The lowest BCUT2D eigenvalue weighted by Crippen LogP contribution is -2.12. The van der Waals surface area contributed by atoms with Gasteiger partial charge < -0.3 is 10.5 Å². The molecule has 0 unspecified atom stereocenters. The van der Waals surface area contributed by atoms with Gasteiger partial charge in [-0.3, -0.25) is 0 Å². The highest BCUT2D eigenvalue weighted by molar-refractivity contribution is 6.28. The Morgan fingerprint density at radius 1 is 1.41 bits per heavy atom.